The molecule has 0 rings (SSSR count). The summed E-state index contributed by atoms with van der Waals surface area (Å²) in [5.41, 5.74) is 0. The van der Waals surface area contributed by atoms with Crippen molar-refractivity contribution in [3.63, 3.8) is 0 Å². The van der Waals surface area contributed by atoms with Gasteiger partial charge in [0.15, 0.2) is 0 Å². The predicted octanol–water partition coefficient (Wildman–Crippen LogP) is 4.94. The van der Waals surface area contributed by atoms with Gasteiger partial charge >= 0.3 is 0 Å². The van der Waals surface area contributed by atoms with Crippen LogP contribution >= 0.6 is 12.6 Å². The van der Waals surface area contributed by atoms with E-state index in [1.165, 1.54) is 44.9 Å². The van der Waals surface area contributed by atoms with Crippen LogP contribution in [0.25, 0.3) is 0 Å². The third kappa shape index (κ3) is 6.75. The summed E-state index contributed by atoms with van der Waals surface area (Å²) in [6.45, 7) is 6.93. The summed E-state index contributed by atoms with van der Waals surface area (Å²) in [6, 6.07) is 0. The summed E-state index contributed by atoms with van der Waals surface area (Å²) in [4.78, 5) is 0. The van der Waals surface area contributed by atoms with Crippen molar-refractivity contribution < 1.29 is 0 Å². The van der Waals surface area contributed by atoms with Crippen LogP contribution in [0.5, 0.6) is 0 Å². The monoisotopic (exact) mass is 216 g/mol. The topological polar surface area (TPSA) is 0 Å². The molecule has 0 aromatic carbocycles. The van der Waals surface area contributed by atoms with Gasteiger partial charge in [0, 0.05) is 0 Å². The van der Waals surface area contributed by atoms with Crippen LogP contribution in [-0.4, -0.2) is 5.75 Å². The molecule has 0 bridgehead atoms. The Balaban J connectivity index is 3.72. The molecule has 0 heterocycles. The van der Waals surface area contributed by atoms with Crippen molar-refractivity contribution in [1.82, 2.24) is 0 Å². The van der Waals surface area contributed by atoms with E-state index in [4.69, 9.17) is 0 Å². The van der Waals surface area contributed by atoms with Gasteiger partial charge in [-0.1, -0.05) is 65.7 Å². The first-order chi connectivity index (χ1) is 6.76. The molecule has 0 saturated carbocycles. The SMILES string of the molecule is CCCCCC(CCCC)C(C)CS. The van der Waals surface area contributed by atoms with Crippen LogP contribution in [0.1, 0.15) is 65.7 Å². The Bertz CT molecular complexity index is 112. The van der Waals surface area contributed by atoms with Crippen LogP contribution in [-0.2, 0) is 0 Å². The Kier molecular flexibility index (Phi) is 10.1. The van der Waals surface area contributed by atoms with Crippen molar-refractivity contribution in [2.24, 2.45) is 11.8 Å². The lowest BCUT2D eigenvalue weighted by molar-refractivity contribution is 0.322. The zero-order valence-electron chi connectivity index (χ0n) is 10.3. The molecule has 0 N–H and O–H groups in total. The van der Waals surface area contributed by atoms with Gasteiger partial charge < -0.3 is 0 Å². The van der Waals surface area contributed by atoms with Gasteiger partial charge in [-0.3, -0.25) is 0 Å². The van der Waals surface area contributed by atoms with Crippen molar-refractivity contribution in [3.8, 4) is 0 Å². The quantitative estimate of drug-likeness (QED) is 0.409. The Labute approximate surface area is 96.3 Å². The zero-order chi connectivity index (χ0) is 10.8. The van der Waals surface area contributed by atoms with Gasteiger partial charge in [-0.05, 0) is 17.6 Å². The second-order valence-corrected chi connectivity index (χ2v) is 4.92. The van der Waals surface area contributed by atoms with E-state index in [9.17, 15) is 0 Å². The molecule has 0 radical (unpaired) electrons. The van der Waals surface area contributed by atoms with Crippen molar-refractivity contribution in [2.45, 2.75) is 65.7 Å². The first kappa shape index (κ1) is 14.3. The first-order valence-electron chi connectivity index (χ1n) is 6.37. The maximum atomic E-state index is 4.42. The van der Waals surface area contributed by atoms with Gasteiger partial charge in [0.25, 0.3) is 0 Å². The summed E-state index contributed by atoms with van der Waals surface area (Å²) in [5, 5.41) is 0. The number of hydrogen-bond acceptors (Lipinski definition) is 1. The molecule has 0 aromatic heterocycles. The summed E-state index contributed by atoms with van der Waals surface area (Å²) in [7, 11) is 0. The Morgan fingerprint density at radius 2 is 1.50 bits per heavy atom. The van der Waals surface area contributed by atoms with Gasteiger partial charge in [0.05, 0.1) is 0 Å². The molecule has 0 spiro atoms. The molecule has 0 fully saturated rings. The normalized spacial score (nSPS) is 15.4. The van der Waals surface area contributed by atoms with E-state index in [1.807, 2.05) is 0 Å². The second-order valence-electron chi connectivity index (χ2n) is 4.56. The van der Waals surface area contributed by atoms with E-state index in [-0.39, 0.29) is 0 Å². The predicted molar refractivity (Wildman–Crippen MR) is 70.2 cm³/mol. The highest BCUT2D eigenvalue weighted by molar-refractivity contribution is 7.80. The Morgan fingerprint density at radius 3 is 2.00 bits per heavy atom. The minimum absolute atomic E-state index is 0.807. The number of thiol groups is 1. The maximum absolute atomic E-state index is 4.42. The van der Waals surface area contributed by atoms with Crippen LogP contribution in [0.2, 0.25) is 0 Å². The fourth-order valence-electron chi connectivity index (χ4n) is 1.99. The lowest BCUT2D eigenvalue weighted by Crippen LogP contribution is -2.13. The van der Waals surface area contributed by atoms with Gasteiger partial charge in [-0.2, -0.15) is 12.6 Å². The standard InChI is InChI=1S/C13H28S/c1-4-6-8-10-13(9-7-5-2)12(3)11-14/h12-14H,4-11H2,1-3H3. The molecule has 0 aromatic rings. The molecule has 0 saturated heterocycles. The molecule has 14 heavy (non-hydrogen) atoms. The number of unbranched alkanes of at least 4 members (excludes halogenated alkanes) is 3. The minimum Gasteiger partial charge on any atom is -0.179 e. The van der Waals surface area contributed by atoms with Crippen molar-refractivity contribution in [2.75, 3.05) is 5.75 Å². The zero-order valence-corrected chi connectivity index (χ0v) is 11.2. The fourth-order valence-corrected chi connectivity index (χ4v) is 2.28. The van der Waals surface area contributed by atoms with Crippen LogP contribution in [0, 0.1) is 11.8 Å². The van der Waals surface area contributed by atoms with Crippen molar-refractivity contribution in [1.29, 1.82) is 0 Å². The van der Waals surface area contributed by atoms with Gasteiger partial charge in [0.2, 0.25) is 0 Å². The van der Waals surface area contributed by atoms with E-state index in [0.29, 0.717) is 0 Å². The maximum Gasteiger partial charge on any atom is -0.00695 e. The van der Waals surface area contributed by atoms with E-state index in [2.05, 4.69) is 33.4 Å². The highest BCUT2D eigenvalue weighted by Gasteiger charge is 2.14. The molecule has 0 amide bonds. The number of hydrogen-bond donors (Lipinski definition) is 1. The molecule has 0 aliphatic carbocycles. The highest BCUT2D eigenvalue weighted by atomic mass is 32.1. The Morgan fingerprint density at radius 1 is 0.929 bits per heavy atom. The third-order valence-corrected chi connectivity index (χ3v) is 3.78. The van der Waals surface area contributed by atoms with Crippen LogP contribution in [0.4, 0.5) is 0 Å². The number of rotatable bonds is 9. The van der Waals surface area contributed by atoms with E-state index in [0.717, 1.165) is 17.6 Å². The lowest BCUT2D eigenvalue weighted by Gasteiger charge is -2.22. The summed E-state index contributed by atoms with van der Waals surface area (Å²) in [5.74, 6) is 2.79. The molecule has 0 aliphatic rings. The summed E-state index contributed by atoms with van der Waals surface area (Å²) >= 11 is 4.42. The summed E-state index contributed by atoms with van der Waals surface area (Å²) in [6.07, 6.45) is 9.75. The fraction of sp³-hybridized carbons (Fsp3) is 1.00. The molecular weight excluding hydrogens is 188 g/mol. The molecular formula is C13H28S. The molecule has 86 valence electrons. The van der Waals surface area contributed by atoms with Crippen molar-refractivity contribution in [3.05, 3.63) is 0 Å². The molecule has 0 aliphatic heterocycles. The smallest absolute Gasteiger partial charge is 0.00695 e. The molecule has 2 atom stereocenters. The summed E-state index contributed by atoms with van der Waals surface area (Å²) < 4.78 is 0. The van der Waals surface area contributed by atoms with E-state index >= 15 is 0 Å². The van der Waals surface area contributed by atoms with Gasteiger partial charge in [-0.25, -0.2) is 0 Å². The largest absolute Gasteiger partial charge is 0.179 e. The highest BCUT2D eigenvalue weighted by Crippen LogP contribution is 2.25. The van der Waals surface area contributed by atoms with Crippen molar-refractivity contribution >= 4 is 12.6 Å². The van der Waals surface area contributed by atoms with Gasteiger partial charge in [0.1, 0.15) is 0 Å². The lowest BCUT2D eigenvalue weighted by atomic mass is 9.86. The van der Waals surface area contributed by atoms with Gasteiger partial charge in [-0.15, -0.1) is 0 Å². The second kappa shape index (κ2) is 9.89. The Hall–Kier alpha value is 0.350. The molecule has 2 unspecified atom stereocenters. The third-order valence-electron chi connectivity index (χ3n) is 3.20. The van der Waals surface area contributed by atoms with E-state index in [1.54, 1.807) is 0 Å². The van der Waals surface area contributed by atoms with Crippen LogP contribution in [0.3, 0.4) is 0 Å². The van der Waals surface area contributed by atoms with E-state index < -0.39 is 0 Å². The first-order valence-corrected chi connectivity index (χ1v) is 7.00. The molecule has 1 heteroatoms. The average Bonchev–Trinajstić information content (AvgIpc) is 2.22. The average molecular weight is 216 g/mol. The minimum atomic E-state index is 0.807. The van der Waals surface area contributed by atoms with Crippen LogP contribution in [0.15, 0.2) is 0 Å². The molecule has 0 nitrogen and oxygen atoms in total. The van der Waals surface area contributed by atoms with Crippen LogP contribution < -0.4 is 0 Å².